The number of rotatable bonds is 7. The Kier molecular flexibility index (Phi) is 12.9. The molecule has 0 aliphatic heterocycles. The van der Waals surface area contributed by atoms with Gasteiger partial charge in [0.15, 0.2) is 0 Å². The summed E-state index contributed by atoms with van der Waals surface area (Å²) in [6.45, 7) is 0.722. The Morgan fingerprint density at radius 1 is 1.29 bits per heavy atom. The van der Waals surface area contributed by atoms with Crippen LogP contribution in [0.25, 0.3) is 0 Å². The van der Waals surface area contributed by atoms with Gasteiger partial charge < -0.3 is 15.5 Å². The molecular weight excluding hydrogens is 197 g/mol. The van der Waals surface area contributed by atoms with Crippen molar-refractivity contribution in [1.29, 1.82) is 0 Å². The first-order valence-electron chi connectivity index (χ1n) is 4.34. The van der Waals surface area contributed by atoms with E-state index < -0.39 is 0 Å². The van der Waals surface area contributed by atoms with Crippen molar-refractivity contribution in [3.63, 3.8) is 0 Å². The number of hydrogen-bond acceptors (Lipinski definition) is 4. The summed E-state index contributed by atoms with van der Waals surface area (Å²) in [5.41, 5.74) is 0. The Bertz CT molecular complexity index is 157. The maximum absolute atomic E-state index is 10.6. The molecule has 0 saturated heterocycles. The third kappa shape index (κ3) is 8.55. The molecule has 0 heterocycles. The van der Waals surface area contributed by atoms with E-state index in [-0.39, 0.29) is 41.1 Å². The van der Waals surface area contributed by atoms with Crippen LogP contribution in [0.15, 0.2) is 5.28 Å². The fraction of sp³-hybridized carbons (Fsp3) is 1.00. The first-order valence-corrected chi connectivity index (χ1v) is 4.34. The SMILES string of the molecule is CN(CCCCCCO)/[N+]([O-])=N\[O-].[Na+]. The van der Waals surface area contributed by atoms with Crippen LogP contribution in [-0.4, -0.2) is 35.3 Å². The first-order chi connectivity index (χ1) is 6.22. The molecule has 0 saturated carbocycles. The molecule has 0 aromatic rings. The molecule has 0 fully saturated rings. The topological polar surface area (TPSA) is 85.0 Å². The smallest absolute Gasteiger partial charge is 0.737 e. The van der Waals surface area contributed by atoms with Crippen LogP contribution in [0.5, 0.6) is 0 Å². The van der Waals surface area contributed by atoms with E-state index in [0.717, 1.165) is 25.7 Å². The molecular formula is C7H16N3NaO3. The summed E-state index contributed by atoms with van der Waals surface area (Å²) in [7, 11) is 1.51. The number of unbranched alkanes of at least 4 members (excludes halogenated alkanes) is 3. The Labute approximate surface area is 106 Å². The zero-order valence-corrected chi connectivity index (χ0v) is 10.8. The average molecular weight is 213 g/mol. The van der Waals surface area contributed by atoms with Crippen molar-refractivity contribution >= 4 is 0 Å². The molecule has 0 atom stereocenters. The number of nitrogens with zero attached hydrogens (tertiary/aromatic N) is 3. The van der Waals surface area contributed by atoms with Crippen molar-refractivity contribution < 1.29 is 39.6 Å². The number of hydrogen-bond donors (Lipinski definition) is 1. The maximum atomic E-state index is 10.6. The monoisotopic (exact) mass is 213 g/mol. The van der Waals surface area contributed by atoms with E-state index in [1.165, 1.54) is 12.1 Å². The van der Waals surface area contributed by atoms with Crippen molar-refractivity contribution in [2.24, 2.45) is 5.28 Å². The van der Waals surface area contributed by atoms with E-state index in [2.05, 4.69) is 5.28 Å². The summed E-state index contributed by atoms with van der Waals surface area (Å²) in [5.74, 6) is 0. The fourth-order valence-electron chi connectivity index (χ4n) is 0.954. The first kappa shape index (κ1) is 16.4. The van der Waals surface area contributed by atoms with E-state index >= 15 is 0 Å². The summed E-state index contributed by atoms with van der Waals surface area (Å²) in [6.07, 6.45) is 3.50. The van der Waals surface area contributed by atoms with E-state index in [4.69, 9.17) is 5.11 Å². The zero-order valence-electron chi connectivity index (χ0n) is 8.85. The van der Waals surface area contributed by atoms with Gasteiger partial charge in [0.05, 0.1) is 13.6 Å². The van der Waals surface area contributed by atoms with Gasteiger partial charge in [-0.05, 0) is 18.1 Å². The van der Waals surface area contributed by atoms with Gasteiger partial charge >= 0.3 is 29.6 Å². The molecule has 0 aliphatic carbocycles. The predicted molar refractivity (Wildman–Crippen MR) is 47.6 cm³/mol. The number of aliphatic hydroxyl groups is 1. The summed E-state index contributed by atoms with van der Waals surface area (Å²) in [5, 5.41) is 32.2. The van der Waals surface area contributed by atoms with Gasteiger partial charge in [-0.25, -0.2) is 0 Å². The molecule has 0 aromatic carbocycles. The normalized spacial score (nSPS) is 10.9. The van der Waals surface area contributed by atoms with Crippen LogP contribution in [0, 0.1) is 10.4 Å². The van der Waals surface area contributed by atoms with Gasteiger partial charge in [0.1, 0.15) is 0 Å². The quantitative estimate of drug-likeness (QED) is 0.172. The maximum Gasteiger partial charge on any atom is 1.00 e. The van der Waals surface area contributed by atoms with Gasteiger partial charge in [-0.1, -0.05) is 12.8 Å². The third-order valence-electron chi connectivity index (χ3n) is 1.75. The number of hydrazine groups is 1. The molecule has 0 spiro atoms. The van der Waals surface area contributed by atoms with E-state index in [0.29, 0.717) is 6.54 Å². The Morgan fingerprint density at radius 2 is 1.86 bits per heavy atom. The minimum absolute atomic E-state index is 0. The van der Waals surface area contributed by atoms with Gasteiger partial charge in [-0.3, -0.25) is 0 Å². The second kappa shape index (κ2) is 11.0. The molecule has 0 amide bonds. The van der Waals surface area contributed by atoms with Crippen molar-refractivity contribution in [3.8, 4) is 0 Å². The third-order valence-corrected chi connectivity index (χ3v) is 1.75. The molecule has 0 unspecified atom stereocenters. The summed E-state index contributed by atoms with van der Waals surface area (Å²) in [6, 6.07) is 0. The second-order valence-corrected chi connectivity index (χ2v) is 2.85. The van der Waals surface area contributed by atoms with Gasteiger partial charge in [0, 0.05) is 11.6 Å². The summed E-state index contributed by atoms with van der Waals surface area (Å²) >= 11 is 0. The van der Waals surface area contributed by atoms with E-state index in [1.807, 2.05) is 0 Å². The van der Waals surface area contributed by atoms with Crippen LogP contribution in [-0.2, 0) is 0 Å². The molecule has 0 aromatic heterocycles. The molecule has 0 aliphatic rings. The Morgan fingerprint density at radius 3 is 2.36 bits per heavy atom. The standard InChI is InChI=1S/C7H17N3O3.Na/c1-9(10(13)8-12)6-4-2-3-5-7-11;/h11-12H,2-7H2,1H3;/q;+1/p-1/b10-8+;. The van der Waals surface area contributed by atoms with Crippen molar-refractivity contribution in [2.75, 3.05) is 20.2 Å². The van der Waals surface area contributed by atoms with Crippen LogP contribution in [0.2, 0.25) is 0 Å². The minimum Gasteiger partial charge on any atom is -0.737 e. The molecule has 7 heteroatoms. The minimum atomic E-state index is 0. The molecule has 14 heavy (non-hydrogen) atoms. The van der Waals surface area contributed by atoms with E-state index in [1.54, 1.807) is 0 Å². The van der Waals surface area contributed by atoms with Gasteiger partial charge in [0.25, 0.3) is 0 Å². The van der Waals surface area contributed by atoms with Crippen molar-refractivity contribution in [1.82, 2.24) is 5.01 Å². The predicted octanol–water partition coefficient (Wildman–Crippen LogP) is -2.15. The van der Waals surface area contributed by atoms with Gasteiger partial charge in [0.2, 0.25) is 0 Å². The zero-order chi connectivity index (χ0) is 10.1. The Hall–Kier alpha value is -0.0400. The van der Waals surface area contributed by atoms with Crippen LogP contribution in [0.4, 0.5) is 0 Å². The van der Waals surface area contributed by atoms with Gasteiger partial charge in [-0.2, -0.15) is 5.01 Å². The molecule has 0 bridgehead atoms. The molecule has 1 N–H and O–H groups in total. The van der Waals surface area contributed by atoms with Crippen LogP contribution in [0.3, 0.4) is 0 Å². The summed E-state index contributed by atoms with van der Waals surface area (Å²) in [4.78, 5) is 0.0338. The van der Waals surface area contributed by atoms with Crippen LogP contribution in [0.1, 0.15) is 25.7 Å². The molecule has 0 radical (unpaired) electrons. The summed E-state index contributed by atoms with van der Waals surface area (Å²) < 4.78 is 0. The van der Waals surface area contributed by atoms with Gasteiger partial charge in [-0.15, -0.1) is 0 Å². The molecule has 0 rings (SSSR count). The van der Waals surface area contributed by atoms with Crippen LogP contribution >= 0.6 is 0 Å². The van der Waals surface area contributed by atoms with Crippen LogP contribution < -0.4 is 29.6 Å². The largest absolute Gasteiger partial charge is 1.00 e. The Balaban J connectivity index is 0. The molecule has 78 valence electrons. The molecule has 6 nitrogen and oxygen atoms in total. The second-order valence-electron chi connectivity index (χ2n) is 2.85. The fourth-order valence-corrected chi connectivity index (χ4v) is 0.954. The average Bonchev–Trinajstić information content (AvgIpc) is 2.16. The van der Waals surface area contributed by atoms with E-state index in [9.17, 15) is 10.4 Å². The van der Waals surface area contributed by atoms with Crippen molar-refractivity contribution in [3.05, 3.63) is 10.4 Å². The van der Waals surface area contributed by atoms with Crippen molar-refractivity contribution in [2.45, 2.75) is 25.7 Å². The number of aliphatic hydroxyl groups excluding tert-OH is 1.